The Morgan fingerprint density at radius 1 is 1.30 bits per heavy atom. The van der Waals surface area contributed by atoms with Gasteiger partial charge in [0.2, 0.25) is 0 Å². The molecular formula is C21H26FN3O2. The molecule has 0 spiro atoms. The van der Waals surface area contributed by atoms with Crippen LogP contribution < -0.4 is 10.2 Å². The number of hydrogen-bond acceptors (Lipinski definition) is 4. The van der Waals surface area contributed by atoms with Gasteiger partial charge in [-0.15, -0.1) is 0 Å². The van der Waals surface area contributed by atoms with E-state index in [0.717, 1.165) is 48.6 Å². The molecule has 1 saturated heterocycles. The summed E-state index contributed by atoms with van der Waals surface area (Å²) in [7, 11) is 0. The highest BCUT2D eigenvalue weighted by molar-refractivity contribution is 5.97. The van der Waals surface area contributed by atoms with E-state index < -0.39 is 0 Å². The number of nitrogens with zero attached hydrogens (tertiary/aromatic N) is 2. The summed E-state index contributed by atoms with van der Waals surface area (Å²) < 4.78 is 18.7. The molecule has 27 heavy (non-hydrogen) atoms. The van der Waals surface area contributed by atoms with Gasteiger partial charge in [0.25, 0.3) is 5.91 Å². The van der Waals surface area contributed by atoms with Gasteiger partial charge in [-0.3, -0.25) is 4.79 Å². The lowest BCUT2D eigenvalue weighted by Gasteiger charge is -2.29. The first kappa shape index (κ1) is 19.3. The molecule has 1 aliphatic heterocycles. The summed E-state index contributed by atoms with van der Waals surface area (Å²) in [6.45, 7) is 7.31. The molecule has 3 rings (SSSR count). The number of pyridine rings is 1. The van der Waals surface area contributed by atoms with Crippen molar-refractivity contribution in [3.63, 3.8) is 0 Å². The predicted molar refractivity (Wildman–Crippen MR) is 104 cm³/mol. The number of rotatable bonds is 6. The highest BCUT2D eigenvalue weighted by Crippen LogP contribution is 2.22. The summed E-state index contributed by atoms with van der Waals surface area (Å²) in [5.41, 5.74) is 3.09. The molecule has 0 radical (unpaired) electrons. The zero-order chi connectivity index (χ0) is 19.2. The van der Waals surface area contributed by atoms with Gasteiger partial charge in [-0.2, -0.15) is 0 Å². The van der Waals surface area contributed by atoms with Crippen LogP contribution in [0.2, 0.25) is 0 Å². The van der Waals surface area contributed by atoms with Crippen LogP contribution in [0, 0.1) is 12.7 Å². The van der Waals surface area contributed by atoms with Gasteiger partial charge in [-0.25, -0.2) is 9.37 Å². The molecule has 5 nitrogen and oxygen atoms in total. The van der Waals surface area contributed by atoms with Crippen molar-refractivity contribution >= 4 is 11.7 Å². The molecule has 1 amide bonds. The molecule has 2 heterocycles. The number of carbonyl (C=O) groups is 1. The summed E-state index contributed by atoms with van der Waals surface area (Å²) in [4.78, 5) is 19.8. The van der Waals surface area contributed by atoms with Crippen molar-refractivity contribution in [3.05, 3.63) is 58.5 Å². The lowest BCUT2D eigenvalue weighted by atomic mass is 10.0. The third-order valence-corrected chi connectivity index (χ3v) is 4.67. The molecule has 1 aromatic carbocycles. The maximum Gasteiger partial charge on any atom is 0.253 e. The number of anilines is 1. The van der Waals surface area contributed by atoms with Crippen molar-refractivity contribution in [2.75, 3.05) is 31.2 Å². The molecule has 6 heteroatoms. The molecule has 0 unspecified atom stereocenters. The molecule has 144 valence electrons. The van der Waals surface area contributed by atoms with Crippen LogP contribution in [0.5, 0.6) is 0 Å². The van der Waals surface area contributed by atoms with Crippen LogP contribution in [-0.2, 0) is 17.7 Å². The lowest BCUT2D eigenvalue weighted by molar-refractivity contribution is 0.0948. The van der Waals surface area contributed by atoms with E-state index in [0.29, 0.717) is 18.8 Å². The van der Waals surface area contributed by atoms with Crippen LogP contribution in [-0.4, -0.2) is 37.2 Å². The zero-order valence-electron chi connectivity index (χ0n) is 15.9. The van der Waals surface area contributed by atoms with Gasteiger partial charge < -0.3 is 15.0 Å². The van der Waals surface area contributed by atoms with E-state index in [1.165, 1.54) is 12.1 Å². The van der Waals surface area contributed by atoms with E-state index >= 15 is 0 Å². The van der Waals surface area contributed by atoms with E-state index in [-0.39, 0.29) is 18.3 Å². The van der Waals surface area contributed by atoms with Crippen molar-refractivity contribution in [3.8, 4) is 0 Å². The average Bonchev–Trinajstić information content (AvgIpc) is 2.67. The minimum absolute atomic E-state index is 0.166. The largest absolute Gasteiger partial charge is 0.378 e. The van der Waals surface area contributed by atoms with Gasteiger partial charge in [0.05, 0.1) is 24.5 Å². The molecule has 1 fully saturated rings. The fraction of sp³-hybridized carbons (Fsp3) is 0.429. The van der Waals surface area contributed by atoms with Gasteiger partial charge in [0, 0.05) is 19.6 Å². The molecule has 0 atom stereocenters. The molecule has 1 aliphatic rings. The normalized spacial score (nSPS) is 14.3. The van der Waals surface area contributed by atoms with Crippen LogP contribution in [0.15, 0.2) is 30.3 Å². The zero-order valence-corrected chi connectivity index (χ0v) is 15.9. The van der Waals surface area contributed by atoms with Gasteiger partial charge in [0.15, 0.2) is 0 Å². The van der Waals surface area contributed by atoms with Crippen molar-refractivity contribution in [1.82, 2.24) is 10.3 Å². The second kappa shape index (κ2) is 8.95. The number of aryl methyl sites for hydroxylation is 2. The van der Waals surface area contributed by atoms with Crippen LogP contribution >= 0.6 is 0 Å². The van der Waals surface area contributed by atoms with E-state index in [4.69, 9.17) is 9.72 Å². The molecular weight excluding hydrogens is 345 g/mol. The molecule has 1 N–H and O–H groups in total. The Kier molecular flexibility index (Phi) is 6.40. The van der Waals surface area contributed by atoms with Crippen LogP contribution in [0.25, 0.3) is 0 Å². The monoisotopic (exact) mass is 371 g/mol. The van der Waals surface area contributed by atoms with Gasteiger partial charge in [-0.1, -0.05) is 25.5 Å². The molecule has 0 bridgehead atoms. The maximum absolute atomic E-state index is 13.3. The fourth-order valence-corrected chi connectivity index (χ4v) is 3.32. The van der Waals surface area contributed by atoms with E-state index in [2.05, 4.69) is 17.1 Å². The Morgan fingerprint density at radius 2 is 2.07 bits per heavy atom. The Balaban J connectivity index is 1.81. The Morgan fingerprint density at radius 3 is 2.78 bits per heavy atom. The fourth-order valence-electron chi connectivity index (χ4n) is 3.32. The second-order valence-electron chi connectivity index (χ2n) is 6.78. The quantitative estimate of drug-likeness (QED) is 0.847. The number of hydrogen-bond donors (Lipinski definition) is 1. The highest BCUT2D eigenvalue weighted by atomic mass is 19.1. The predicted octanol–water partition coefficient (Wildman–Crippen LogP) is 3.25. The Bertz CT molecular complexity index is 804. The number of benzene rings is 1. The van der Waals surface area contributed by atoms with Crippen molar-refractivity contribution in [2.45, 2.75) is 33.2 Å². The number of nitrogens with one attached hydrogen (secondary N) is 1. The molecule has 2 aromatic rings. The maximum atomic E-state index is 13.3. The summed E-state index contributed by atoms with van der Waals surface area (Å²) in [5.74, 6) is 0.434. The highest BCUT2D eigenvalue weighted by Gasteiger charge is 2.20. The van der Waals surface area contributed by atoms with Gasteiger partial charge in [0.1, 0.15) is 11.6 Å². The third-order valence-electron chi connectivity index (χ3n) is 4.67. The second-order valence-corrected chi connectivity index (χ2v) is 6.78. The van der Waals surface area contributed by atoms with E-state index in [1.54, 1.807) is 12.1 Å². The van der Waals surface area contributed by atoms with E-state index in [9.17, 15) is 9.18 Å². The molecule has 0 saturated carbocycles. The van der Waals surface area contributed by atoms with Crippen molar-refractivity contribution in [2.24, 2.45) is 0 Å². The summed E-state index contributed by atoms with van der Waals surface area (Å²) in [6, 6.07) is 8.23. The first-order chi connectivity index (χ1) is 13.1. The van der Waals surface area contributed by atoms with Gasteiger partial charge in [-0.05, 0) is 42.7 Å². The average molecular weight is 371 g/mol. The number of carbonyl (C=O) groups excluding carboxylic acids is 1. The first-order valence-electron chi connectivity index (χ1n) is 9.44. The third kappa shape index (κ3) is 4.83. The van der Waals surface area contributed by atoms with Crippen LogP contribution in [0.4, 0.5) is 10.2 Å². The van der Waals surface area contributed by atoms with E-state index in [1.807, 2.05) is 13.0 Å². The lowest BCUT2D eigenvalue weighted by Crippen LogP contribution is -2.37. The van der Waals surface area contributed by atoms with Gasteiger partial charge >= 0.3 is 0 Å². The first-order valence-corrected chi connectivity index (χ1v) is 9.44. The number of morpholine rings is 1. The van der Waals surface area contributed by atoms with Crippen molar-refractivity contribution in [1.29, 1.82) is 0 Å². The topological polar surface area (TPSA) is 54.5 Å². The molecule has 0 aliphatic carbocycles. The summed E-state index contributed by atoms with van der Waals surface area (Å²) in [5, 5.41) is 2.90. The number of halogens is 1. The van der Waals surface area contributed by atoms with Crippen LogP contribution in [0.1, 0.15) is 40.5 Å². The minimum Gasteiger partial charge on any atom is -0.378 e. The van der Waals surface area contributed by atoms with Crippen LogP contribution in [0.3, 0.4) is 0 Å². The SMILES string of the molecule is CCCc1nc(N2CCOCC2)cc(C)c1C(=O)NCc1cccc(F)c1. The summed E-state index contributed by atoms with van der Waals surface area (Å²) in [6.07, 6.45) is 1.64. The minimum atomic E-state index is -0.305. The Labute approximate surface area is 159 Å². The molecule has 1 aromatic heterocycles. The number of aromatic nitrogens is 1. The smallest absolute Gasteiger partial charge is 0.253 e. The number of ether oxygens (including phenoxy) is 1. The number of amides is 1. The van der Waals surface area contributed by atoms with Crippen molar-refractivity contribution < 1.29 is 13.9 Å². The standard InChI is InChI=1S/C21H26FN3O2/c1-3-5-18-20(21(26)23-14-16-6-4-7-17(22)13-16)15(2)12-19(24-18)25-8-10-27-11-9-25/h4,6-7,12-13H,3,5,8-11,14H2,1-2H3,(H,23,26). The Hall–Kier alpha value is -2.47. The summed E-state index contributed by atoms with van der Waals surface area (Å²) >= 11 is 0.